The van der Waals surface area contributed by atoms with Gasteiger partial charge in [-0.2, -0.15) is 5.10 Å². The molecule has 1 aromatic carbocycles. The van der Waals surface area contributed by atoms with E-state index in [1.807, 2.05) is 6.92 Å². The number of nitrogens with two attached hydrogens (primary N) is 2. The Bertz CT molecular complexity index is 555. The van der Waals surface area contributed by atoms with Gasteiger partial charge in [0.25, 0.3) is 0 Å². The van der Waals surface area contributed by atoms with Crippen LogP contribution in [-0.4, -0.2) is 10.2 Å². The normalized spacial score (nSPS) is 12.4. The van der Waals surface area contributed by atoms with Crippen molar-refractivity contribution in [2.24, 2.45) is 0 Å². The summed E-state index contributed by atoms with van der Waals surface area (Å²) >= 11 is 5.75. The van der Waals surface area contributed by atoms with Gasteiger partial charge in [-0.3, -0.25) is 5.10 Å². The molecule has 7 heteroatoms. The lowest BCUT2D eigenvalue weighted by molar-refractivity contribution is 0.629. The SMILES string of the molecule is CC(Nc1c(N)cc(N)c(Cl)c1F)c1cn[nH]c1. The van der Waals surface area contributed by atoms with Crippen LogP contribution in [0.5, 0.6) is 0 Å². The van der Waals surface area contributed by atoms with Crippen LogP contribution in [0.1, 0.15) is 18.5 Å². The average Bonchev–Trinajstić information content (AvgIpc) is 2.85. The number of hydrogen-bond acceptors (Lipinski definition) is 4. The minimum Gasteiger partial charge on any atom is -0.397 e. The maximum Gasteiger partial charge on any atom is 0.169 e. The van der Waals surface area contributed by atoms with E-state index in [0.29, 0.717) is 0 Å². The predicted molar refractivity (Wildman–Crippen MR) is 70.9 cm³/mol. The Hall–Kier alpha value is -1.95. The summed E-state index contributed by atoms with van der Waals surface area (Å²) in [5.41, 5.74) is 12.6. The highest BCUT2D eigenvalue weighted by atomic mass is 35.5. The quantitative estimate of drug-likeness (QED) is 0.644. The monoisotopic (exact) mass is 269 g/mol. The highest BCUT2D eigenvalue weighted by Gasteiger charge is 2.16. The molecule has 0 radical (unpaired) electrons. The van der Waals surface area contributed by atoms with Crippen LogP contribution in [0.3, 0.4) is 0 Å². The summed E-state index contributed by atoms with van der Waals surface area (Å²) in [6.07, 6.45) is 3.36. The first kappa shape index (κ1) is 12.5. The van der Waals surface area contributed by atoms with E-state index in [1.54, 1.807) is 12.4 Å². The number of nitrogen functional groups attached to an aromatic ring is 2. The molecule has 0 saturated heterocycles. The van der Waals surface area contributed by atoms with E-state index in [0.717, 1.165) is 5.56 Å². The summed E-state index contributed by atoms with van der Waals surface area (Å²) in [5, 5.41) is 9.33. The van der Waals surface area contributed by atoms with Crippen LogP contribution in [-0.2, 0) is 0 Å². The second-order valence-electron chi connectivity index (χ2n) is 3.96. The molecule has 6 N–H and O–H groups in total. The largest absolute Gasteiger partial charge is 0.397 e. The van der Waals surface area contributed by atoms with Crippen LogP contribution < -0.4 is 16.8 Å². The van der Waals surface area contributed by atoms with E-state index in [2.05, 4.69) is 15.5 Å². The Kier molecular flexibility index (Phi) is 3.29. The standard InChI is InChI=1S/C11H13ClFN5/c1-5(6-3-16-17-4-6)18-11-8(15)2-7(14)9(12)10(11)13/h2-5,18H,14-15H2,1H3,(H,16,17). The first-order valence-electron chi connectivity index (χ1n) is 5.29. The maximum absolute atomic E-state index is 13.9. The molecule has 5 nitrogen and oxygen atoms in total. The lowest BCUT2D eigenvalue weighted by Crippen LogP contribution is -2.10. The molecular formula is C11H13ClFN5. The van der Waals surface area contributed by atoms with Crippen LogP contribution in [0.25, 0.3) is 0 Å². The number of aromatic nitrogens is 2. The van der Waals surface area contributed by atoms with E-state index >= 15 is 0 Å². The Morgan fingerprint density at radius 2 is 2.17 bits per heavy atom. The number of halogens is 2. The molecule has 2 aromatic rings. The lowest BCUT2D eigenvalue weighted by Gasteiger charge is -2.17. The fourth-order valence-electron chi connectivity index (χ4n) is 1.61. The molecule has 1 aromatic heterocycles. The molecule has 18 heavy (non-hydrogen) atoms. The van der Waals surface area contributed by atoms with Crippen molar-refractivity contribution in [3.8, 4) is 0 Å². The molecule has 0 saturated carbocycles. The van der Waals surface area contributed by atoms with Crippen LogP contribution in [0.2, 0.25) is 5.02 Å². The summed E-state index contributed by atoms with van der Waals surface area (Å²) in [4.78, 5) is 0. The lowest BCUT2D eigenvalue weighted by atomic mass is 10.1. The molecule has 1 heterocycles. The number of rotatable bonds is 3. The van der Waals surface area contributed by atoms with E-state index in [4.69, 9.17) is 23.1 Å². The van der Waals surface area contributed by atoms with Gasteiger partial charge >= 0.3 is 0 Å². The zero-order valence-corrected chi connectivity index (χ0v) is 10.4. The van der Waals surface area contributed by atoms with Crippen molar-refractivity contribution in [2.75, 3.05) is 16.8 Å². The first-order valence-corrected chi connectivity index (χ1v) is 5.66. The van der Waals surface area contributed by atoms with E-state index in [9.17, 15) is 4.39 Å². The van der Waals surface area contributed by atoms with Crippen molar-refractivity contribution in [1.82, 2.24) is 10.2 Å². The summed E-state index contributed by atoms with van der Waals surface area (Å²) in [6.45, 7) is 1.86. The van der Waals surface area contributed by atoms with Gasteiger partial charge in [0.2, 0.25) is 0 Å². The summed E-state index contributed by atoms with van der Waals surface area (Å²) in [5.74, 6) is -0.649. The van der Waals surface area contributed by atoms with Crippen molar-refractivity contribution >= 4 is 28.7 Å². The molecule has 1 atom stereocenters. The van der Waals surface area contributed by atoms with Crippen molar-refractivity contribution in [2.45, 2.75) is 13.0 Å². The molecule has 0 fully saturated rings. The van der Waals surface area contributed by atoms with E-state index in [1.165, 1.54) is 6.07 Å². The molecule has 1 unspecified atom stereocenters. The average molecular weight is 270 g/mol. The summed E-state index contributed by atoms with van der Waals surface area (Å²) in [7, 11) is 0. The molecule has 0 spiro atoms. The second kappa shape index (κ2) is 4.73. The summed E-state index contributed by atoms with van der Waals surface area (Å²) < 4.78 is 13.9. The third-order valence-corrected chi connectivity index (χ3v) is 3.03. The zero-order valence-electron chi connectivity index (χ0n) is 9.67. The Labute approximate surface area is 108 Å². The van der Waals surface area contributed by atoms with Crippen molar-refractivity contribution in [3.05, 3.63) is 34.9 Å². The molecule has 0 aliphatic carbocycles. The Balaban J connectivity index is 2.32. The fourth-order valence-corrected chi connectivity index (χ4v) is 1.76. The maximum atomic E-state index is 13.9. The number of benzene rings is 1. The number of aromatic amines is 1. The smallest absolute Gasteiger partial charge is 0.169 e. The topological polar surface area (TPSA) is 92.8 Å². The number of anilines is 3. The fraction of sp³-hybridized carbons (Fsp3) is 0.182. The third-order valence-electron chi connectivity index (χ3n) is 2.65. The van der Waals surface area contributed by atoms with Gasteiger partial charge in [-0.05, 0) is 13.0 Å². The van der Waals surface area contributed by atoms with Gasteiger partial charge in [0, 0.05) is 11.8 Å². The van der Waals surface area contributed by atoms with Crippen LogP contribution in [0, 0.1) is 5.82 Å². The number of nitrogens with zero attached hydrogens (tertiary/aromatic N) is 1. The second-order valence-corrected chi connectivity index (χ2v) is 4.33. The van der Waals surface area contributed by atoms with Gasteiger partial charge in [-0.25, -0.2) is 4.39 Å². The highest BCUT2D eigenvalue weighted by molar-refractivity contribution is 6.33. The molecule has 0 bridgehead atoms. The molecule has 0 aliphatic heterocycles. The third kappa shape index (κ3) is 2.19. The van der Waals surface area contributed by atoms with Crippen LogP contribution in [0.4, 0.5) is 21.5 Å². The van der Waals surface area contributed by atoms with Gasteiger partial charge < -0.3 is 16.8 Å². The zero-order chi connectivity index (χ0) is 13.3. The molecule has 96 valence electrons. The minimum absolute atomic E-state index is 0.119. The van der Waals surface area contributed by atoms with E-state index in [-0.39, 0.29) is 28.1 Å². The summed E-state index contributed by atoms with van der Waals surface area (Å²) in [6, 6.07) is 1.26. The van der Waals surface area contributed by atoms with Crippen LogP contribution in [0.15, 0.2) is 18.5 Å². The Morgan fingerprint density at radius 1 is 1.44 bits per heavy atom. The van der Waals surface area contributed by atoms with Gasteiger partial charge in [0.05, 0.1) is 29.3 Å². The number of H-pyrrole nitrogens is 1. The first-order chi connectivity index (χ1) is 8.50. The van der Waals surface area contributed by atoms with Crippen molar-refractivity contribution in [1.29, 1.82) is 0 Å². The number of nitrogens with one attached hydrogen (secondary N) is 2. The molecular weight excluding hydrogens is 257 g/mol. The minimum atomic E-state index is -0.649. The van der Waals surface area contributed by atoms with Crippen molar-refractivity contribution < 1.29 is 4.39 Å². The molecule has 0 amide bonds. The van der Waals surface area contributed by atoms with Gasteiger partial charge in [-0.1, -0.05) is 11.6 Å². The highest BCUT2D eigenvalue weighted by Crippen LogP contribution is 2.35. The Morgan fingerprint density at radius 3 is 2.78 bits per heavy atom. The van der Waals surface area contributed by atoms with Gasteiger partial charge in [-0.15, -0.1) is 0 Å². The number of hydrogen-bond donors (Lipinski definition) is 4. The van der Waals surface area contributed by atoms with E-state index < -0.39 is 5.82 Å². The molecule has 0 aliphatic rings. The molecule has 2 rings (SSSR count). The van der Waals surface area contributed by atoms with Gasteiger partial charge in [0.15, 0.2) is 5.82 Å². The predicted octanol–water partition coefficient (Wildman–Crippen LogP) is 2.54. The van der Waals surface area contributed by atoms with Crippen LogP contribution >= 0.6 is 11.6 Å². The van der Waals surface area contributed by atoms with Crippen molar-refractivity contribution in [3.63, 3.8) is 0 Å². The van der Waals surface area contributed by atoms with Gasteiger partial charge in [0.1, 0.15) is 5.02 Å².